The summed E-state index contributed by atoms with van der Waals surface area (Å²) in [5.74, 6) is 0.400. The third kappa shape index (κ3) is 5.50. The molecule has 0 aliphatic carbocycles. The summed E-state index contributed by atoms with van der Waals surface area (Å²) in [6.07, 6.45) is -5.29. The molecule has 1 aliphatic rings. The first-order valence-electron chi connectivity index (χ1n) is 7.11. The first-order chi connectivity index (χ1) is 11.0. The molecule has 0 spiro atoms. The predicted octanol–water partition coefficient (Wildman–Crippen LogP) is 1.52. The lowest BCUT2D eigenvalue weighted by Gasteiger charge is -2.27. The van der Waals surface area contributed by atoms with Crippen LogP contribution in [0.25, 0.3) is 0 Å². The van der Waals surface area contributed by atoms with E-state index in [1.807, 2.05) is 19.6 Å². The van der Waals surface area contributed by atoms with Crippen LogP contribution in [0.4, 0.5) is 13.2 Å². The monoisotopic (exact) mass is 359 g/mol. The van der Waals surface area contributed by atoms with Crippen LogP contribution in [0, 0.1) is 11.5 Å². The molecule has 0 saturated carbocycles. The molecular formula is C14H16F3N3O3Si. The first-order valence-corrected chi connectivity index (χ1v) is 10.6. The maximum atomic E-state index is 12.3. The number of carbonyl (C=O) groups is 1. The standard InChI is InChI=1S/C14H16F3N3O3Si/c1-24(2,3)5-4-9-6-11(22-10-7-18-8-10)20-13(19-9)23-12(21)14(15,16)17/h6,10,18H,7-8H2,1-3H3. The third-order valence-corrected chi connectivity index (χ3v) is 3.57. The fourth-order valence-electron chi connectivity index (χ4n) is 1.48. The van der Waals surface area contributed by atoms with E-state index in [1.54, 1.807) is 0 Å². The Balaban J connectivity index is 2.28. The molecule has 0 aromatic carbocycles. The van der Waals surface area contributed by atoms with Crippen molar-refractivity contribution < 1.29 is 27.4 Å². The zero-order valence-electron chi connectivity index (χ0n) is 13.3. The van der Waals surface area contributed by atoms with Crippen molar-refractivity contribution in [2.75, 3.05) is 13.1 Å². The summed E-state index contributed by atoms with van der Waals surface area (Å²) in [4.78, 5) is 18.4. The first kappa shape index (κ1) is 18.2. The van der Waals surface area contributed by atoms with Crippen molar-refractivity contribution in [3.63, 3.8) is 0 Å². The molecule has 1 aliphatic heterocycles. The Morgan fingerprint density at radius 3 is 2.50 bits per heavy atom. The molecule has 1 aromatic rings. The largest absolute Gasteiger partial charge is 0.491 e. The minimum atomic E-state index is -5.14. The maximum Gasteiger partial charge on any atom is 0.491 e. The number of aromatic nitrogens is 2. The summed E-state index contributed by atoms with van der Waals surface area (Å²) in [6, 6.07) is 0.679. The normalized spacial score (nSPS) is 15.1. The van der Waals surface area contributed by atoms with E-state index in [0.717, 1.165) is 0 Å². The van der Waals surface area contributed by atoms with Gasteiger partial charge in [0, 0.05) is 19.2 Å². The van der Waals surface area contributed by atoms with E-state index in [1.165, 1.54) is 6.07 Å². The Hall–Kier alpha value is -2.12. The molecule has 130 valence electrons. The molecule has 10 heteroatoms. The molecule has 2 heterocycles. The van der Waals surface area contributed by atoms with Gasteiger partial charge in [0.05, 0.1) is 0 Å². The number of rotatable bonds is 3. The summed E-state index contributed by atoms with van der Waals surface area (Å²) < 4.78 is 46.6. The van der Waals surface area contributed by atoms with E-state index in [9.17, 15) is 18.0 Å². The minimum absolute atomic E-state index is 0.0151. The van der Waals surface area contributed by atoms with Gasteiger partial charge in [0.15, 0.2) is 0 Å². The zero-order valence-corrected chi connectivity index (χ0v) is 14.3. The number of hydrogen-bond acceptors (Lipinski definition) is 6. The molecule has 0 unspecified atom stereocenters. The number of nitrogens with one attached hydrogen (secondary N) is 1. The average Bonchev–Trinajstić information content (AvgIpc) is 2.39. The van der Waals surface area contributed by atoms with Gasteiger partial charge in [-0.1, -0.05) is 25.6 Å². The molecule has 0 amide bonds. The topological polar surface area (TPSA) is 73.3 Å². The smallest absolute Gasteiger partial charge is 0.471 e. The van der Waals surface area contributed by atoms with E-state index in [-0.39, 0.29) is 17.7 Å². The second-order valence-electron chi connectivity index (χ2n) is 6.16. The van der Waals surface area contributed by atoms with Crippen LogP contribution in [0.15, 0.2) is 6.07 Å². The van der Waals surface area contributed by atoms with Crippen LogP contribution in [0.5, 0.6) is 11.9 Å². The number of esters is 1. The zero-order chi connectivity index (χ0) is 18.0. The Kier molecular flexibility index (Phi) is 5.15. The molecule has 6 nitrogen and oxygen atoms in total. The minimum Gasteiger partial charge on any atom is -0.471 e. The quantitative estimate of drug-likeness (QED) is 0.501. The van der Waals surface area contributed by atoms with E-state index in [2.05, 4.69) is 31.5 Å². The fourth-order valence-corrected chi connectivity index (χ4v) is 1.99. The molecule has 2 rings (SSSR count). The van der Waals surface area contributed by atoms with Crippen LogP contribution >= 0.6 is 0 Å². The second kappa shape index (κ2) is 6.78. The van der Waals surface area contributed by atoms with Gasteiger partial charge in [-0.2, -0.15) is 23.1 Å². The van der Waals surface area contributed by atoms with Crippen LogP contribution in [-0.2, 0) is 4.79 Å². The summed E-state index contributed by atoms with van der Waals surface area (Å²) in [5, 5.41) is 2.98. The highest BCUT2D eigenvalue weighted by molar-refractivity contribution is 6.83. The van der Waals surface area contributed by atoms with E-state index < -0.39 is 26.2 Å². The number of ether oxygens (including phenoxy) is 2. The number of hydrogen-bond donors (Lipinski definition) is 1. The Morgan fingerprint density at radius 2 is 2.00 bits per heavy atom. The number of carbonyl (C=O) groups excluding carboxylic acids is 1. The van der Waals surface area contributed by atoms with Crippen molar-refractivity contribution in [1.82, 2.24) is 15.3 Å². The molecule has 0 atom stereocenters. The van der Waals surface area contributed by atoms with Gasteiger partial charge in [-0.3, -0.25) is 0 Å². The highest BCUT2D eigenvalue weighted by Gasteiger charge is 2.42. The molecular weight excluding hydrogens is 343 g/mol. The van der Waals surface area contributed by atoms with Crippen LogP contribution in [0.1, 0.15) is 5.69 Å². The summed E-state index contributed by atoms with van der Waals surface area (Å²) in [6.45, 7) is 7.20. The number of nitrogens with zero attached hydrogens (tertiary/aromatic N) is 2. The van der Waals surface area contributed by atoms with Gasteiger partial charge < -0.3 is 14.8 Å². The summed E-state index contributed by atoms with van der Waals surface area (Å²) in [5.41, 5.74) is 3.16. The fraction of sp³-hybridized carbons (Fsp3) is 0.500. The van der Waals surface area contributed by atoms with Crippen LogP contribution < -0.4 is 14.8 Å². The third-order valence-electron chi connectivity index (χ3n) is 2.69. The lowest BCUT2D eigenvalue weighted by atomic mass is 10.2. The van der Waals surface area contributed by atoms with E-state index in [4.69, 9.17) is 4.74 Å². The Labute approximate surface area is 137 Å². The van der Waals surface area contributed by atoms with Crippen LogP contribution in [0.3, 0.4) is 0 Å². The lowest BCUT2D eigenvalue weighted by molar-refractivity contribution is -0.190. The van der Waals surface area contributed by atoms with Crippen LogP contribution in [0.2, 0.25) is 19.6 Å². The number of alkyl halides is 3. The maximum absolute atomic E-state index is 12.3. The van der Waals surface area contributed by atoms with Gasteiger partial charge in [-0.05, 0) is 0 Å². The van der Waals surface area contributed by atoms with Gasteiger partial charge >= 0.3 is 18.2 Å². The second-order valence-corrected chi connectivity index (χ2v) is 10.9. The van der Waals surface area contributed by atoms with Crippen molar-refractivity contribution in [3.05, 3.63) is 11.8 Å². The van der Waals surface area contributed by atoms with Crippen molar-refractivity contribution in [2.24, 2.45) is 0 Å². The highest BCUT2D eigenvalue weighted by atomic mass is 28.3. The molecule has 1 N–H and O–H groups in total. The Bertz CT molecular complexity index is 688. The van der Waals surface area contributed by atoms with Gasteiger partial charge in [0.1, 0.15) is 19.9 Å². The van der Waals surface area contributed by atoms with Gasteiger partial charge in [0.2, 0.25) is 5.88 Å². The SMILES string of the molecule is C[Si](C)(C)C#Cc1cc(OC2CNC2)nc(OC(=O)C(F)(F)F)n1. The summed E-state index contributed by atoms with van der Waals surface area (Å²) >= 11 is 0. The van der Waals surface area contributed by atoms with Gasteiger partial charge in [0.25, 0.3) is 0 Å². The molecule has 0 radical (unpaired) electrons. The van der Waals surface area contributed by atoms with Crippen molar-refractivity contribution in [2.45, 2.75) is 31.9 Å². The van der Waals surface area contributed by atoms with Gasteiger partial charge in [-0.15, -0.1) is 5.54 Å². The molecule has 0 bridgehead atoms. The van der Waals surface area contributed by atoms with Crippen molar-refractivity contribution >= 4 is 14.0 Å². The van der Waals surface area contributed by atoms with Crippen LogP contribution in [-0.4, -0.2) is 49.4 Å². The molecule has 1 saturated heterocycles. The summed E-state index contributed by atoms with van der Waals surface area (Å²) in [7, 11) is -1.72. The lowest BCUT2D eigenvalue weighted by Crippen LogP contribution is -2.50. The van der Waals surface area contributed by atoms with Crippen molar-refractivity contribution in [1.29, 1.82) is 0 Å². The Morgan fingerprint density at radius 1 is 1.33 bits per heavy atom. The van der Waals surface area contributed by atoms with Gasteiger partial charge in [-0.25, -0.2) is 4.79 Å². The molecule has 24 heavy (non-hydrogen) atoms. The average molecular weight is 359 g/mol. The highest BCUT2D eigenvalue weighted by Crippen LogP contribution is 2.21. The van der Waals surface area contributed by atoms with E-state index in [0.29, 0.717) is 13.1 Å². The van der Waals surface area contributed by atoms with Crippen molar-refractivity contribution in [3.8, 4) is 23.4 Å². The van der Waals surface area contributed by atoms with E-state index >= 15 is 0 Å². The number of halogens is 3. The molecule has 1 fully saturated rings. The predicted molar refractivity (Wildman–Crippen MR) is 81.2 cm³/mol. The molecule has 1 aromatic heterocycles.